The first-order chi connectivity index (χ1) is 12.2. The molecule has 9 heteroatoms. The van der Waals surface area contributed by atoms with E-state index in [1.807, 2.05) is 13.8 Å². The Hall–Kier alpha value is -1.97. The summed E-state index contributed by atoms with van der Waals surface area (Å²) in [7, 11) is -2.28. The molecule has 0 heterocycles. The Bertz CT molecular complexity index is 688. The van der Waals surface area contributed by atoms with Crippen molar-refractivity contribution in [2.24, 2.45) is 5.92 Å². The Morgan fingerprint density at radius 2 is 1.88 bits per heavy atom. The number of sulfonamides is 1. The van der Waals surface area contributed by atoms with Gasteiger partial charge in [-0.25, -0.2) is 13.1 Å². The van der Waals surface area contributed by atoms with Crippen LogP contribution in [0.5, 0.6) is 5.75 Å². The topological polar surface area (TPSA) is 122 Å². The molecule has 1 aromatic rings. The standard InChI is InChI=1S/C17H26N2O6S/c1-12(2)10-13(11-20)19-16(17(21)22)8-9-18-26(23,24)15-6-4-14(25-3)5-7-15/h4-7,11-13,16,18-19H,8-10H2,1-3H3,(H,21,22). The van der Waals surface area contributed by atoms with Gasteiger partial charge in [0, 0.05) is 6.54 Å². The van der Waals surface area contributed by atoms with Crippen molar-refractivity contribution in [1.82, 2.24) is 10.0 Å². The molecule has 0 saturated heterocycles. The highest BCUT2D eigenvalue weighted by Crippen LogP contribution is 2.15. The van der Waals surface area contributed by atoms with Gasteiger partial charge < -0.3 is 14.6 Å². The van der Waals surface area contributed by atoms with Crippen LogP contribution in [0.15, 0.2) is 29.2 Å². The van der Waals surface area contributed by atoms with Gasteiger partial charge in [0.05, 0.1) is 18.0 Å². The predicted molar refractivity (Wildman–Crippen MR) is 96.7 cm³/mol. The van der Waals surface area contributed by atoms with Gasteiger partial charge in [-0.3, -0.25) is 10.1 Å². The number of carboxylic acid groups (broad SMARTS) is 1. The van der Waals surface area contributed by atoms with Gasteiger partial charge in [-0.2, -0.15) is 0 Å². The number of hydrogen-bond acceptors (Lipinski definition) is 6. The molecule has 0 aromatic heterocycles. The Morgan fingerprint density at radius 3 is 2.35 bits per heavy atom. The highest BCUT2D eigenvalue weighted by molar-refractivity contribution is 7.89. The van der Waals surface area contributed by atoms with Crippen molar-refractivity contribution >= 4 is 22.3 Å². The van der Waals surface area contributed by atoms with Crippen molar-refractivity contribution in [3.63, 3.8) is 0 Å². The van der Waals surface area contributed by atoms with E-state index < -0.39 is 28.1 Å². The SMILES string of the molecule is COc1ccc(S(=O)(=O)NCCC(NC(C=O)CC(C)C)C(=O)O)cc1. The third kappa shape index (κ3) is 7.11. The second-order valence-corrected chi connectivity index (χ2v) is 8.06. The van der Waals surface area contributed by atoms with Crippen molar-refractivity contribution < 1.29 is 27.9 Å². The van der Waals surface area contributed by atoms with Crippen LogP contribution < -0.4 is 14.8 Å². The average molecular weight is 386 g/mol. The zero-order valence-corrected chi connectivity index (χ0v) is 16.0. The number of carbonyl (C=O) groups is 2. The van der Waals surface area contributed by atoms with Gasteiger partial charge in [-0.15, -0.1) is 0 Å². The molecule has 0 amide bonds. The zero-order valence-electron chi connectivity index (χ0n) is 15.1. The maximum absolute atomic E-state index is 12.2. The average Bonchev–Trinajstić information content (AvgIpc) is 2.59. The van der Waals surface area contributed by atoms with Crippen LogP contribution >= 0.6 is 0 Å². The lowest BCUT2D eigenvalue weighted by atomic mass is 10.0. The van der Waals surface area contributed by atoms with Crippen LogP contribution in [-0.2, 0) is 19.6 Å². The fourth-order valence-corrected chi connectivity index (χ4v) is 3.43. The van der Waals surface area contributed by atoms with E-state index in [4.69, 9.17) is 4.74 Å². The first-order valence-corrected chi connectivity index (χ1v) is 9.75. The Kier molecular flexibility index (Phi) is 8.70. The molecule has 0 fully saturated rings. The quantitative estimate of drug-likeness (QED) is 0.458. The normalized spacial score (nSPS) is 14.0. The van der Waals surface area contributed by atoms with Crippen molar-refractivity contribution in [1.29, 1.82) is 0 Å². The molecule has 0 aliphatic rings. The van der Waals surface area contributed by atoms with Crippen LogP contribution in [0.2, 0.25) is 0 Å². The number of methoxy groups -OCH3 is 1. The summed E-state index contributed by atoms with van der Waals surface area (Å²) in [5.74, 6) is -0.380. The molecule has 1 rings (SSSR count). The summed E-state index contributed by atoms with van der Waals surface area (Å²) in [5.41, 5.74) is 0. The van der Waals surface area contributed by atoms with Crippen molar-refractivity contribution in [2.75, 3.05) is 13.7 Å². The van der Waals surface area contributed by atoms with E-state index in [0.717, 1.165) is 0 Å². The number of rotatable bonds is 12. The summed E-state index contributed by atoms with van der Waals surface area (Å²) in [5, 5.41) is 12.0. The molecular formula is C17H26N2O6S. The number of carbonyl (C=O) groups excluding carboxylic acids is 1. The summed E-state index contributed by atoms with van der Waals surface area (Å²) >= 11 is 0. The van der Waals surface area contributed by atoms with Crippen LogP contribution in [0.1, 0.15) is 26.7 Å². The van der Waals surface area contributed by atoms with Gasteiger partial charge in [0.15, 0.2) is 0 Å². The molecule has 8 nitrogen and oxygen atoms in total. The minimum Gasteiger partial charge on any atom is -0.497 e. The van der Waals surface area contributed by atoms with E-state index >= 15 is 0 Å². The predicted octanol–water partition coefficient (Wildman–Crippen LogP) is 1.02. The lowest BCUT2D eigenvalue weighted by Crippen LogP contribution is -2.46. The van der Waals surface area contributed by atoms with Crippen molar-refractivity contribution in [3.8, 4) is 5.75 Å². The fraction of sp³-hybridized carbons (Fsp3) is 0.529. The monoisotopic (exact) mass is 386 g/mol. The van der Waals surface area contributed by atoms with Crippen LogP contribution in [0.25, 0.3) is 0 Å². The van der Waals surface area contributed by atoms with Gasteiger partial charge in [0.2, 0.25) is 10.0 Å². The lowest BCUT2D eigenvalue weighted by molar-refractivity contribution is -0.139. The maximum atomic E-state index is 12.2. The molecule has 0 spiro atoms. The third-order valence-electron chi connectivity index (χ3n) is 3.70. The largest absolute Gasteiger partial charge is 0.497 e. The first kappa shape index (κ1) is 22.1. The van der Waals surface area contributed by atoms with Crippen LogP contribution in [0.4, 0.5) is 0 Å². The van der Waals surface area contributed by atoms with E-state index in [0.29, 0.717) is 18.5 Å². The Morgan fingerprint density at radius 1 is 1.27 bits per heavy atom. The zero-order chi connectivity index (χ0) is 19.7. The second kappa shape index (κ2) is 10.2. The van der Waals surface area contributed by atoms with Gasteiger partial charge in [-0.1, -0.05) is 13.8 Å². The molecule has 0 saturated carbocycles. The van der Waals surface area contributed by atoms with E-state index in [1.165, 1.54) is 31.4 Å². The number of benzene rings is 1. The highest BCUT2D eigenvalue weighted by Gasteiger charge is 2.23. The Balaban J connectivity index is 2.65. The van der Waals surface area contributed by atoms with E-state index in [-0.39, 0.29) is 23.8 Å². The minimum atomic E-state index is -3.76. The lowest BCUT2D eigenvalue weighted by Gasteiger charge is -2.20. The molecule has 0 aliphatic carbocycles. The van der Waals surface area contributed by atoms with E-state index in [1.54, 1.807) is 0 Å². The molecule has 3 N–H and O–H groups in total. The minimum absolute atomic E-state index is 0.00710. The number of aldehydes is 1. The van der Waals surface area contributed by atoms with Gasteiger partial charge in [0.1, 0.15) is 18.1 Å². The number of aliphatic carboxylic acids is 1. The molecule has 1 aromatic carbocycles. The fourth-order valence-electron chi connectivity index (χ4n) is 2.38. The summed E-state index contributed by atoms with van der Waals surface area (Å²) in [6, 6.07) is 4.24. The molecule has 26 heavy (non-hydrogen) atoms. The molecule has 0 radical (unpaired) electrons. The molecule has 2 atom stereocenters. The maximum Gasteiger partial charge on any atom is 0.320 e. The molecule has 0 bridgehead atoms. The van der Waals surface area contributed by atoms with Crippen molar-refractivity contribution in [2.45, 2.75) is 43.7 Å². The van der Waals surface area contributed by atoms with Gasteiger partial charge >= 0.3 is 5.97 Å². The molecule has 2 unspecified atom stereocenters. The first-order valence-electron chi connectivity index (χ1n) is 8.27. The number of carboxylic acids is 1. The Labute approximate surface area is 154 Å². The summed E-state index contributed by atoms with van der Waals surface area (Å²) in [6.07, 6.45) is 1.19. The molecular weight excluding hydrogens is 360 g/mol. The highest BCUT2D eigenvalue weighted by atomic mass is 32.2. The summed E-state index contributed by atoms with van der Waals surface area (Å²) in [6.45, 7) is 3.78. The number of hydrogen-bond donors (Lipinski definition) is 3. The second-order valence-electron chi connectivity index (χ2n) is 6.29. The van der Waals surface area contributed by atoms with Crippen molar-refractivity contribution in [3.05, 3.63) is 24.3 Å². The molecule has 0 aliphatic heterocycles. The van der Waals surface area contributed by atoms with E-state index in [2.05, 4.69) is 10.0 Å². The number of ether oxygens (including phenoxy) is 1. The van der Waals surface area contributed by atoms with E-state index in [9.17, 15) is 23.1 Å². The summed E-state index contributed by atoms with van der Waals surface area (Å²) in [4.78, 5) is 22.5. The van der Waals surface area contributed by atoms with Gasteiger partial charge in [-0.05, 0) is 43.0 Å². The number of nitrogens with one attached hydrogen (secondary N) is 2. The smallest absolute Gasteiger partial charge is 0.320 e. The van der Waals surface area contributed by atoms with Gasteiger partial charge in [0.25, 0.3) is 0 Å². The molecule has 146 valence electrons. The summed E-state index contributed by atoms with van der Waals surface area (Å²) < 4.78 is 31.8. The third-order valence-corrected chi connectivity index (χ3v) is 5.17. The van der Waals surface area contributed by atoms with Crippen LogP contribution in [0, 0.1) is 5.92 Å². The van der Waals surface area contributed by atoms with Crippen LogP contribution in [0.3, 0.4) is 0 Å². The van der Waals surface area contributed by atoms with Crippen LogP contribution in [-0.4, -0.2) is 51.5 Å².